The molecule has 2 N–H and O–H groups in total. The second-order valence-corrected chi connectivity index (χ2v) is 3.81. The van der Waals surface area contributed by atoms with Crippen LogP contribution in [0.5, 0.6) is 5.75 Å². The van der Waals surface area contributed by atoms with Gasteiger partial charge in [-0.05, 0) is 18.9 Å². The van der Waals surface area contributed by atoms with Crippen LogP contribution in [-0.2, 0) is 5.41 Å². The normalized spacial score (nSPS) is 16.7. The lowest BCUT2D eigenvalue weighted by atomic mass is 9.95. The quantitative estimate of drug-likeness (QED) is 0.920. The second-order valence-electron chi connectivity index (χ2n) is 3.81. The van der Waals surface area contributed by atoms with Gasteiger partial charge in [-0.3, -0.25) is 0 Å². The summed E-state index contributed by atoms with van der Waals surface area (Å²) in [5, 5.41) is 0. The molecule has 1 fully saturated rings. The molecule has 1 aliphatic carbocycles. The highest BCUT2D eigenvalue weighted by Gasteiger charge is 2.45. The summed E-state index contributed by atoms with van der Waals surface area (Å²) in [6.45, 7) is 0.562. The van der Waals surface area contributed by atoms with E-state index < -0.39 is 0 Å². The molecule has 2 nitrogen and oxygen atoms in total. The first-order valence-corrected chi connectivity index (χ1v) is 4.76. The number of hydrogen-bond donors (Lipinski definition) is 1. The number of benzene rings is 1. The van der Waals surface area contributed by atoms with Crippen molar-refractivity contribution in [3.05, 3.63) is 29.6 Å². The number of methoxy groups -OCH3 is 1. The van der Waals surface area contributed by atoms with Crippen LogP contribution in [0, 0.1) is 5.82 Å². The summed E-state index contributed by atoms with van der Waals surface area (Å²) < 4.78 is 18.5. The van der Waals surface area contributed by atoms with Crippen LogP contribution in [0.3, 0.4) is 0 Å². The fourth-order valence-corrected chi connectivity index (χ4v) is 1.87. The topological polar surface area (TPSA) is 35.2 Å². The van der Waals surface area contributed by atoms with Crippen LogP contribution in [0.2, 0.25) is 0 Å². The Morgan fingerprint density at radius 3 is 2.60 bits per heavy atom. The van der Waals surface area contributed by atoms with Crippen LogP contribution in [0.1, 0.15) is 18.4 Å². The molecule has 2 rings (SSSR count). The van der Waals surface area contributed by atoms with Gasteiger partial charge in [-0.2, -0.15) is 0 Å². The summed E-state index contributed by atoms with van der Waals surface area (Å²) in [5.41, 5.74) is 6.60. The molecule has 0 saturated heterocycles. The number of halogens is 2. The third kappa shape index (κ3) is 2.01. The maximum atomic E-state index is 13.4. The van der Waals surface area contributed by atoms with Crippen LogP contribution in [0.25, 0.3) is 0 Å². The van der Waals surface area contributed by atoms with Gasteiger partial charge in [0.1, 0.15) is 0 Å². The van der Waals surface area contributed by atoms with Gasteiger partial charge in [-0.1, -0.05) is 12.1 Å². The minimum absolute atomic E-state index is 0. The lowest BCUT2D eigenvalue weighted by molar-refractivity contribution is 0.376. The maximum Gasteiger partial charge on any atom is 0.165 e. The van der Waals surface area contributed by atoms with Gasteiger partial charge in [0, 0.05) is 17.5 Å². The van der Waals surface area contributed by atoms with Gasteiger partial charge >= 0.3 is 0 Å². The molecular formula is C11H15BrFNO. The van der Waals surface area contributed by atoms with E-state index in [1.165, 1.54) is 13.2 Å². The van der Waals surface area contributed by atoms with Crippen LogP contribution in [0.4, 0.5) is 4.39 Å². The molecule has 4 heteroatoms. The molecule has 1 aromatic rings. The number of nitrogens with two attached hydrogens (primary N) is 1. The molecule has 0 spiro atoms. The van der Waals surface area contributed by atoms with Crippen molar-refractivity contribution in [1.82, 2.24) is 0 Å². The summed E-state index contributed by atoms with van der Waals surface area (Å²) in [5.74, 6) is 0.0557. The molecular weight excluding hydrogens is 261 g/mol. The molecule has 1 aromatic carbocycles. The monoisotopic (exact) mass is 275 g/mol. The highest BCUT2D eigenvalue weighted by Crippen LogP contribution is 2.50. The largest absolute Gasteiger partial charge is 0.493 e. The standard InChI is InChI=1S/C11H14FNO.BrH/c1-14-10-8(3-2-4-9(10)12)11(7-13)5-6-11;/h2-4H,5-7,13H2,1H3;1H. The molecule has 84 valence electrons. The van der Waals surface area contributed by atoms with Gasteiger partial charge in [-0.15, -0.1) is 17.0 Å². The zero-order valence-corrected chi connectivity index (χ0v) is 10.3. The van der Waals surface area contributed by atoms with Crippen molar-refractivity contribution >= 4 is 17.0 Å². The van der Waals surface area contributed by atoms with Crippen molar-refractivity contribution in [3.63, 3.8) is 0 Å². The van der Waals surface area contributed by atoms with Crippen LogP contribution in [-0.4, -0.2) is 13.7 Å². The van der Waals surface area contributed by atoms with E-state index in [-0.39, 0.29) is 28.2 Å². The number of ether oxygens (including phenoxy) is 1. The van der Waals surface area contributed by atoms with Gasteiger partial charge in [0.2, 0.25) is 0 Å². The third-order valence-electron chi connectivity index (χ3n) is 2.99. The number of hydrogen-bond acceptors (Lipinski definition) is 2. The first-order chi connectivity index (χ1) is 6.73. The predicted octanol–water partition coefficient (Wildman–Crippen LogP) is 2.40. The summed E-state index contributed by atoms with van der Waals surface area (Å²) in [4.78, 5) is 0. The molecule has 15 heavy (non-hydrogen) atoms. The SMILES string of the molecule is Br.COc1c(F)cccc1C1(CN)CC1. The van der Waals surface area contributed by atoms with Gasteiger partial charge in [0.25, 0.3) is 0 Å². The Kier molecular flexibility index (Phi) is 3.73. The molecule has 1 saturated carbocycles. The van der Waals surface area contributed by atoms with Crippen molar-refractivity contribution < 1.29 is 9.13 Å². The molecule has 1 aliphatic rings. The first kappa shape index (κ1) is 12.5. The minimum atomic E-state index is -0.301. The van der Waals surface area contributed by atoms with Crippen molar-refractivity contribution in [2.45, 2.75) is 18.3 Å². The molecule has 0 bridgehead atoms. The van der Waals surface area contributed by atoms with E-state index >= 15 is 0 Å². The Balaban J connectivity index is 0.00000112. The van der Waals surface area contributed by atoms with E-state index in [1.807, 2.05) is 6.07 Å². The van der Waals surface area contributed by atoms with Gasteiger partial charge in [-0.25, -0.2) is 4.39 Å². The Bertz CT molecular complexity index is 352. The van der Waals surface area contributed by atoms with Crippen molar-refractivity contribution in [2.24, 2.45) is 5.73 Å². The molecule has 0 aromatic heterocycles. The Hall–Kier alpha value is -0.610. The highest BCUT2D eigenvalue weighted by molar-refractivity contribution is 8.93. The number of rotatable bonds is 3. The summed E-state index contributed by atoms with van der Waals surface area (Å²) in [7, 11) is 1.49. The van der Waals surface area contributed by atoms with Gasteiger partial charge in [0.05, 0.1) is 7.11 Å². The fraction of sp³-hybridized carbons (Fsp3) is 0.455. The van der Waals surface area contributed by atoms with Crippen molar-refractivity contribution in [1.29, 1.82) is 0 Å². The Morgan fingerprint density at radius 2 is 2.13 bits per heavy atom. The van der Waals surface area contributed by atoms with Crippen molar-refractivity contribution in [3.8, 4) is 5.75 Å². The molecule has 0 atom stereocenters. The van der Waals surface area contributed by atoms with Crippen LogP contribution in [0.15, 0.2) is 18.2 Å². The average molecular weight is 276 g/mol. The van der Waals surface area contributed by atoms with Gasteiger partial charge in [0.15, 0.2) is 11.6 Å². The second kappa shape index (κ2) is 4.49. The van der Waals surface area contributed by atoms with E-state index in [4.69, 9.17) is 10.5 Å². The van der Waals surface area contributed by atoms with Gasteiger partial charge < -0.3 is 10.5 Å². The molecule has 0 amide bonds. The predicted molar refractivity (Wildman–Crippen MR) is 63.2 cm³/mol. The average Bonchev–Trinajstić information content (AvgIpc) is 2.98. The fourth-order valence-electron chi connectivity index (χ4n) is 1.87. The van der Waals surface area contributed by atoms with Crippen molar-refractivity contribution in [2.75, 3.05) is 13.7 Å². The Morgan fingerprint density at radius 1 is 1.47 bits per heavy atom. The number of para-hydroxylation sites is 1. The molecule has 0 unspecified atom stereocenters. The van der Waals surface area contributed by atoms with E-state index in [0.29, 0.717) is 12.3 Å². The van der Waals surface area contributed by atoms with E-state index in [9.17, 15) is 4.39 Å². The maximum absolute atomic E-state index is 13.4. The summed E-state index contributed by atoms with van der Waals surface area (Å²) in [6.07, 6.45) is 2.06. The van der Waals surface area contributed by atoms with E-state index in [1.54, 1.807) is 6.07 Å². The third-order valence-corrected chi connectivity index (χ3v) is 2.99. The highest BCUT2D eigenvalue weighted by atomic mass is 79.9. The molecule has 0 radical (unpaired) electrons. The molecule has 0 aliphatic heterocycles. The minimum Gasteiger partial charge on any atom is -0.493 e. The summed E-state index contributed by atoms with van der Waals surface area (Å²) in [6, 6.07) is 5.03. The smallest absolute Gasteiger partial charge is 0.165 e. The first-order valence-electron chi connectivity index (χ1n) is 4.76. The lowest BCUT2D eigenvalue weighted by Crippen LogP contribution is -2.20. The Labute approximate surface area is 99.4 Å². The van der Waals surface area contributed by atoms with E-state index in [0.717, 1.165) is 18.4 Å². The zero-order valence-electron chi connectivity index (χ0n) is 8.63. The molecule has 0 heterocycles. The van der Waals surface area contributed by atoms with E-state index in [2.05, 4.69) is 0 Å². The zero-order chi connectivity index (χ0) is 10.2. The van der Waals surface area contributed by atoms with Crippen LogP contribution < -0.4 is 10.5 Å². The van der Waals surface area contributed by atoms with Crippen LogP contribution >= 0.6 is 17.0 Å². The lowest BCUT2D eigenvalue weighted by Gasteiger charge is -2.16. The summed E-state index contributed by atoms with van der Waals surface area (Å²) >= 11 is 0.